The molecule has 0 fully saturated rings. The second kappa shape index (κ2) is 6.22. The summed E-state index contributed by atoms with van der Waals surface area (Å²) in [4.78, 5) is 0. The topological polar surface area (TPSA) is 25.2 Å². The van der Waals surface area contributed by atoms with Crippen molar-refractivity contribution in [2.45, 2.75) is 25.8 Å². The standard InChI is InChI=1S/C14H15FINO/c1-10(4-6-12-3-2-8-18-12)17-14-7-5-11(15)9-13(14)16/h2-3,5,7-10,17H,4,6H2,1H3. The van der Waals surface area contributed by atoms with Crippen LogP contribution in [-0.4, -0.2) is 6.04 Å². The highest BCUT2D eigenvalue weighted by Gasteiger charge is 2.07. The highest BCUT2D eigenvalue weighted by molar-refractivity contribution is 14.1. The first-order chi connectivity index (χ1) is 8.65. The number of anilines is 1. The molecule has 0 aliphatic rings. The van der Waals surface area contributed by atoms with Gasteiger partial charge in [-0.05, 0) is 66.3 Å². The largest absolute Gasteiger partial charge is 0.469 e. The maximum absolute atomic E-state index is 13.0. The Bertz CT molecular complexity index is 499. The molecule has 0 aliphatic heterocycles. The Labute approximate surface area is 120 Å². The Balaban J connectivity index is 1.88. The van der Waals surface area contributed by atoms with Gasteiger partial charge in [-0.2, -0.15) is 0 Å². The number of aryl methyl sites for hydroxylation is 1. The SMILES string of the molecule is CC(CCc1ccco1)Nc1ccc(F)cc1I. The zero-order valence-corrected chi connectivity index (χ0v) is 12.3. The van der Waals surface area contributed by atoms with E-state index in [2.05, 4.69) is 34.8 Å². The van der Waals surface area contributed by atoms with Crippen molar-refractivity contribution in [2.24, 2.45) is 0 Å². The van der Waals surface area contributed by atoms with Crippen LogP contribution in [0.4, 0.5) is 10.1 Å². The third kappa shape index (κ3) is 3.73. The molecule has 0 amide bonds. The molecule has 18 heavy (non-hydrogen) atoms. The van der Waals surface area contributed by atoms with Crippen LogP contribution < -0.4 is 5.32 Å². The lowest BCUT2D eigenvalue weighted by atomic mass is 10.1. The van der Waals surface area contributed by atoms with Gasteiger partial charge >= 0.3 is 0 Å². The zero-order chi connectivity index (χ0) is 13.0. The molecule has 2 nitrogen and oxygen atoms in total. The number of nitrogens with one attached hydrogen (secondary N) is 1. The summed E-state index contributed by atoms with van der Waals surface area (Å²) < 4.78 is 19.2. The summed E-state index contributed by atoms with van der Waals surface area (Å²) in [7, 11) is 0. The van der Waals surface area contributed by atoms with Crippen molar-refractivity contribution in [2.75, 3.05) is 5.32 Å². The van der Waals surface area contributed by atoms with E-state index in [0.717, 1.165) is 27.9 Å². The third-order valence-corrected chi connectivity index (χ3v) is 3.63. The molecular formula is C14H15FINO. The van der Waals surface area contributed by atoms with Crippen molar-refractivity contribution in [3.05, 3.63) is 51.7 Å². The van der Waals surface area contributed by atoms with E-state index in [-0.39, 0.29) is 5.82 Å². The Morgan fingerprint density at radius 1 is 1.39 bits per heavy atom. The minimum Gasteiger partial charge on any atom is -0.469 e. The van der Waals surface area contributed by atoms with Crippen molar-refractivity contribution in [1.29, 1.82) is 0 Å². The highest BCUT2D eigenvalue weighted by atomic mass is 127. The van der Waals surface area contributed by atoms with Crippen LogP contribution in [0.1, 0.15) is 19.1 Å². The molecule has 0 aliphatic carbocycles. The Kier molecular flexibility index (Phi) is 4.63. The van der Waals surface area contributed by atoms with Crippen LogP contribution >= 0.6 is 22.6 Å². The number of halogens is 2. The fraction of sp³-hybridized carbons (Fsp3) is 0.286. The summed E-state index contributed by atoms with van der Waals surface area (Å²) in [5.41, 5.74) is 0.976. The molecule has 96 valence electrons. The van der Waals surface area contributed by atoms with Crippen LogP contribution in [0, 0.1) is 9.39 Å². The second-order valence-electron chi connectivity index (χ2n) is 4.29. The lowest BCUT2D eigenvalue weighted by Gasteiger charge is -2.16. The van der Waals surface area contributed by atoms with E-state index in [1.807, 2.05) is 12.1 Å². The van der Waals surface area contributed by atoms with Gasteiger partial charge < -0.3 is 9.73 Å². The Hall–Kier alpha value is -1.04. The molecule has 1 heterocycles. The number of furan rings is 1. The highest BCUT2D eigenvalue weighted by Crippen LogP contribution is 2.20. The average molecular weight is 359 g/mol. The van der Waals surface area contributed by atoms with Gasteiger partial charge in [0.05, 0.1) is 6.26 Å². The van der Waals surface area contributed by atoms with Gasteiger partial charge in [-0.3, -0.25) is 0 Å². The first-order valence-electron chi connectivity index (χ1n) is 5.89. The number of hydrogen-bond acceptors (Lipinski definition) is 2. The van der Waals surface area contributed by atoms with Crippen molar-refractivity contribution < 1.29 is 8.81 Å². The fourth-order valence-corrected chi connectivity index (χ4v) is 2.39. The van der Waals surface area contributed by atoms with Gasteiger partial charge in [0, 0.05) is 21.7 Å². The maximum atomic E-state index is 13.0. The molecule has 0 bridgehead atoms. The van der Waals surface area contributed by atoms with Crippen molar-refractivity contribution >= 4 is 28.3 Å². The van der Waals surface area contributed by atoms with Crippen molar-refractivity contribution in [3.63, 3.8) is 0 Å². The van der Waals surface area contributed by atoms with Crippen LogP contribution in [0.15, 0.2) is 41.0 Å². The zero-order valence-electron chi connectivity index (χ0n) is 10.1. The van der Waals surface area contributed by atoms with Gasteiger partial charge in [0.1, 0.15) is 11.6 Å². The minimum absolute atomic E-state index is 0.201. The van der Waals surface area contributed by atoms with Gasteiger partial charge in [-0.15, -0.1) is 0 Å². The first kappa shape index (κ1) is 13.4. The molecule has 1 aromatic heterocycles. The van der Waals surface area contributed by atoms with Crippen LogP contribution in [0.5, 0.6) is 0 Å². The minimum atomic E-state index is -0.201. The molecular weight excluding hydrogens is 344 g/mol. The fourth-order valence-electron chi connectivity index (χ4n) is 1.76. The summed E-state index contributed by atoms with van der Waals surface area (Å²) >= 11 is 2.14. The van der Waals surface area contributed by atoms with Gasteiger partial charge in [-0.1, -0.05) is 0 Å². The number of benzene rings is 1. The Morgan fingerprint density at radius 3 is 2.89 bits per heavy atom. The van der Waals surface area contributed by atoms with E-state index in [0.29, 0.717) is 6.04 Å². The average Bonchev–Trinajstić information content (AvgIpc) is 2.83. The van der Waals surface area contributed by atoms with Gasteiger partial charge in [0.2, 0.25) is 0 Å². The molecule has 0 saturated carbocycles. The molecule has 1 aromatic carbocycles. The predicted octanol–water partition coefficient (Wildman–Crippen LogP) is 4.46. The van der Waals surface area contributed by atoms with E-state index in [1.54, 1.807) is 12.3 Å². The summed E-state index contributed by atoms with van der Waals surface area (Å²) in [6.07, 6.45) is 3.57. The number of hydrogen-bond donors (Lipinski definition) is 1. The quantitative estimate of drug-likeness (QED) is 0.798. The Morgan fingerprint density at radius 2 is 2.22 bits per heavy atom. The van der Waals surface area contributed by atoms with E-state index in [1.165, 1.54) is 12.1 Å². The lowest BCUT2D eigenvalue weighted by molar-refractivity contribution is 0.495. The summed E-state index contributed by atoms with van der Waals surface area (Å²) in [5.74, 6) is 0.797. The van der Waals surface area contributed by atoms with E-state index >= 15 is 0 Å². The predicted molar refractivity (Wildman–Crippen MR) is 79.2 cm³/mol. The molecule has 1 N–H and O–H groups in total. The lowest BCUT2D eigenvalue weighted by Crippen LogP contribution is -2.16. The van der Waals surface area contributed by atoms with Crippen molar-refractivity contribution in [3.8, 4) is 0 Å². The number of rotatable bonds is 5. The normalized spacial score (nSPS) is 12.4. The monoisotopic (exact) mass is 359 g/mol. The molecule has 0 radical (unpaired) electrons. The van der Waals surface area contributed by atoms with E-state index < -0.39 is 0 Å². The second-order valence-corrected chi connectivity index (χ2v) is 5.45. The van der Waals surface area contributed by atoms with Gasteiger partial charge in [-0.25, -0.2) is 4.39 Å². The first-order valence-corrected chi connectivity index (χ1v) is 6.97. The smallest absolute Gasteiger partial charge is 0.124 e. The molecule has 2 aromatic rings. The van der Waals surface area contributed by atoms with Crippen LogP contribution in [-0.2, 0) is 6.42 Å². The molecule has 0 spiro atoms. The molecule has 4 heteroatoms. The van der Waals surface area contributed by atoms with Crippen LogP contribution in [0.3, 0.4) is 0 Å². The van der Waals surface area contributed by atoms with Crippen LogP contribution in [0.25, 0.3) is 0 Å². The summed E-state index contributed by atoms with van der Waals surface area (Å²) in [6.45, 7) is 2.11. The summed E-state index contributed by atoms with van der Waals surface area (Å²) in [6, 6.07) is 8.98. The van der Waals surface area contributed by atoms with Gasteiger partial charge in [0.25, 0.3) is 0 Å². The van der Waals surface area contributed by atoms with Crippen LogP contribution in [0.2, 0.25) is 0 Å². The third-order valence-electron chi connectivity index (χ3n) is 2.74. The van der Waals surface area contributed by atoms with Crippen molar-refractivity contribution in [1.82, 2.24) is 0 Å². The van der Waals surface area contributed by atoms with E-state index in [9.17, 15) is 4.39 Å². The molecule has 0 saturated heterocycles. The van der Waals surface area contributed by atoms with Gasteiger partial charge in [0.15, 0.2) is 0 Å². The van der Waals surface area contributed by atoms with E-state index in [4.69, 9.17) is 4.42 Å². The molecule has 1 unspecified atom stereocenters. The summed E-state index contributed by atoms with van der Waals surface area (Å²) in [5, 5.41) is 3.38. The molecule has 1 atom stereocenters. The maximum Gasteiger partial charge on any atom is 0.124 e. The molecule has 2 rings (SSSR count).